The largest absolute Gasteiger partial charge is 0.467 e. The van der Waals surface area contributed by atoms with Crippen LogP contribution in [-0.4, -0.2) is 29.1 Å². The van der Waals surface area contributed by atoms with Crippen LogP contribution in [0, 0.1) is 6.92 Å². The van der Waals surface area contributed by atoms with Crippen molar-refractivity contribution in [3.8, 4) is 17.8 Å². The topological polar surface area (TPSA) is 69.2 Å². The molecule has 1 aromatic heterocycles. The van der Waals surface area contributed by atoms with E-state index in [-0.39, 0.29) is 12.0 Å². The fourth-order valence-corrected chi connectivity index (χ4v) is 1.37. The maximum Gasteiger partial charge on any atom is 0.330 e. The van der Waals surface area contributed by atoms with Crippen molar-refractivity contribution >= 4 is 5.95 Å². The Morgan fingerprint density at radius 2 is 1.89 bits per heavy atom. The maximum atomic E-state index is 5.56. The van der Waals surface area contributed by atoms with Crippen molar-refractivity contribution in [1.29, 1.82) is 0 Å². The van der Waals surface area contributed by atoms with Crippen LogP contribution in [0.25, 0.3) is 0 Å². The molecule has 94 valence electrons. The Morgan fingerprint density at radius 3 is 2.56 bits per heavy atom. The number of nitrogens with zero attached hydrogens (tertiary/aromatic N) is 3. The predicted molar refractivity (Wildman–Crippen MR) is 67.2 cm³/mol. The molecule has 1 aromatic carbocycles. The van der Waals surface area contributed by atoms with Crippen molar-refractivity contribution in [2.75, 3.05) is 19.5 Å². The third-order valence-electron chi connectivity index (χ3n) is 2.20. The highest BCUT2D eigenvalue weighted by Crippen LogP contribution is 2.21. The lowest BCUT2D eigenvalue weighted by molar-refractivity contribution is 0.360. The summed E-state index contributed by atoms with van der Waals surface area (Å²) < 4.78 is 10.5. The third-order valence-corrected chi connectivity index (χ3v) is 2.20. The van der Waals surface area contributed by atoms with Crippen LogP contribution in [0.4, 0.5) is 5.95 Å². The second-order valence-corrected chi connectivity index (χ2v) is 3.60. The fraction of sp³-hybridized carbons (Fsp3) is 0.250. The summed E-state index contributed by atoms with van der Waals surface area (Å²) in [4.78, 5) is 12.1. The Kier molecular flexibility index (Phi) is 3.57. The van der Waals surface area contributed by atoms with Gasteiger partial charge in [-0.25, -0.2) is 0 Å². The Balaban J connectivity index is 2.28. The number of hydrogen-bond acceptors (Lipinski definition) is 6. The average molecular weight is 246 g/mol. The van der Waals surface area contributed by atoms with Gasteiger partial charge in [0.1, 0.15) is 5.75 Å². The van der Waals surface area contributed by atoms with Gasteiger partial charge >= 0.3 is 12.0 Å². The van der Waals surface area contributed by atoms with Gasteiger partial charge in [0.15, 0.2) is 0 Å². The number of hydrogen-bond donors (Lipinski definition) is 1. The molecule has 2 aromatic rings. The molecule has 0 atom stereocenters. The van der Waals surface area contributed by atoms with Crippen molar-refractivity contribution in [2.24, 2.45) is 0 Å². The van der Waals surface area contributed by atoms with E-state index >= 15 is 0 Å². The molecule has 0 aliphatic carbocycles. The quantitative estimate of drug-likeness (QED) is 0.890. The van der Waals surface area contributed by atoms with E-state index in [1.165, 1.54) is 7.11 Å². The van der Waals surface area contributed by atoms with Crippen LogP contribution in [0.3, 0.4) is 0 Å². The summed E-state index contributed by atoms with van der Waals surface area (Å²) in [7, 11) is 3.20. The van der Waals surface area contributed by atoms with Gasteiger partial charge in [-0.1, -0.05) is 12.1 Å². The zero-order valence-corrected chi connectivity index (χ0v) is 10.5. The van der Waals surface area contributed by atoms with Crippen LogP contribution in [0.1, 0.15) is 5.56 Å². The number of rotatable bonds is 4. The van der Waals surface area contributed by atoms with Crippen LogP contribution >= 0.6 is 0 Å². The van der Waals surface area contributed by atoms with Gasteiger partial charge in [-0.2, -0.15) is 9.97 Å². The molecule has 0 saturated carbocycles. The van der Waals surface area contributed by atoms with E-state index in [4.69, 9.17) is 9.47 Å². The molecule has 0 aliphatic rings. The van der Waals surface area contributed by atoms with Gasteiger partial charge in [0, 0.05) is 7.05 Å². The minimum atomic E-state index is 0.191. The Labute approximate surface area is 105 Å². The predicted octanol–water partition coefficient (Wildman–Crippen LogP) is 2.02. The molecule has 0 bridgehead atoms. The molecular weight excluding hydrogens is 232 g/mol. The van der Waals surface area contributed by atoms with E-state index in [2.05, 4.69) is 20.3 Å². The number of aromatic nitrogens is 3. The summed E-state index contributed by atoms with van der Waals surface area (Å²) in [5, 5.41) is 2.82. The molecule has 0 amide bonds. The van der Waals surface area contributed by atoms with Gasteiger partial charge in [0.05, 0.1) is 7.11 Å². The molecule has 0 aliphatic heterocycles. The summed E-state index contributed by atoms with van der Waals surface area (Å²) in [6.07, 6.45) is 0. The van der Waals surface area contributed by atoms with Crippen molar-refractivity contribution in [3.63, 3.8) is 0 Å². The molecule has 1 heterocycles. The highest BCUT2D eigenvalue weighted by molar-refractivity contribution is 5.32. The van der Waals surface area contributed by atoms with Crippen LogP contribution in [0.5, 0.6) is 17.8 Å². The van der Waals surface area contributed by atoms with Crippen LogP contribution in [-0.2, 0) is 0 Å². The summed E-state index contributed by atoms with van der Waals surface area (Å²) in [6.45, 7) is 1.99. The molecule has 2 rings (SSSR count). The lowest BCUT2D eigenvalue weighted by atomic mass is 10.2. The highest BCUT2D eigenvalue weighted by atomic mass is 16.5. The smallest absolute Gasteiger partial charge is 0.330 e. The number of ether oxygens (including phenoxy) is 2. The lowest BCUT2D eigenvalue weighted by Crippen LogP contribution is -2.03. The zero-order chi connectivity index (χ0) is 13.0. The SMILES string of the molecule is CNc1nc(OC)nc(Oc2cccc(C)c2)n1. The van der Waals surface area contributed by atoms with Gasteiger partial charge in [-0.15, -0.1) is 4.98 Å². The van der Waals surface area contributed by atoms with Gasteiger partial charge < -0.3 is 14.8 Å². The summed E-state index contributed by atoms with van der Waals surface area (Å²) >= 11 is 0. The second-order valence-electron chi connectivity index (χ2n) is 3.60. The molecule has 18 heavy (non-hydrogen) atoms. The van der Waals surface area contributed by atoms with E-state index in [0.717, 1.165) is 5.56 Å². The Bertz CT molecular complexity index is 523. The summed E-state index contributed by atoms with van der Waals surface area (Å²) in [5.41, 5.74) is 1.10. The molecule has 6 heteroatoms. The minimum absolute atomic E-state index is 0.191. The molecule has 0 saturated heterocycles. The first-order valence-corrected chi connectivity index (χ1v) is 5.43. The highest BCUT2D eigenvalue weighted by Gasteiger charge is 2.07. The molecule has 6 nitrogen and oxygen atoms in total. The van der Waals surface area contributed by atoms with E-state index in [1.807, 2.05) is 31.2 Å². The van der Waals surface area contributed by atoms with Crippen LogP contribution in [0.2, 0.25) is 0 Å². The third kappa shape index (κ3) is 2.85. The van der Waals surface area contributed by atoms with Gasteiger partial charge in [0.2, 0.25) is 5.95 Å². The number of anilines is 1. The number of benzene rings is 1. The summed E-state index contributed by atoms with van der Waals surface area (Å²) in [5.74, 6) is 1.06. The monoisotopic (exact) mass is 246 g/mol. The molecule has 0 unspecified atom stereocenters. The minimum Gasteiger partial charge on any atom is -0.467 e. The van der Waals surface area contributed by atoms with E-state index in [9.17, 15) is 0 Å². The molecular formula is C12H14N4O2. The average Bonchev–Trinajstić information content (AvgIpc) is 2.38. The molecule has 0 spiro atoms. The first-order chi connectivity index (χ1) is 8.71. The molecule has 0 radical (unpaired) electrons. The number of methoxy groups -OCH3 is 1. The lowest BCUT2D eigenvalue weighted by Gasteiger charge is -2.07. The molecule has 1 N–H and O–H groups in total. The molecule has 0 fully saturated rings. The number of nitrogens with one attached hydrogen (secondary N) is 1. The number of aryl methyl sites for hydroxylation is 1. The van der Waals surface area contributed by atoms with Crippen molar-refractivity contribution < 1.29 is 9.47 Å². The normalized spacial score (nSPS) is 9.94. The zero-order valence-electron chi connectivity index (χ0n) is 10.5. The van der Waals surface area contributed by atoms with Crippen LogP contribution < -0.4 is 14.8 Å². The van der Waals surface area contributed by atoms with Gasteiger partial charge in [-0.05, 0) is 24.6 Å². The Morgan fingerprint density at radius 1 is 1.11 bits per heavy atom. The van der Waals surface area contributed by atoms with Crippen molar-refractivity contribution in [2.45, 2.75) is 6.92 Å². The maximum absolute atomic E-state index is 5.56. The fourth-order valence-electron chi connectivity index (χ4n) is 1.37. The van der Waals surface area contributed by atoms with Crippen molar-refractivity contribution in [1.82, 2.24) is 15.0 Å². The van der Waals surface area contributed by atoms with Crippen molar-refractivity contribution in [3.05, 3.63) is 29.8 Å². The standard InChI is InChI=1S/C12H14N4O2/c1-8-5-4-6-9(7-8)18-12-15-10(13-2)14-11(16-12)17-3/h4-7H,1-3H3,(H,13,14,15,16). The van der Waals surface area contributed by atoms with E-state index in [0.29, 0.717) is 11.7 Å². The Hall–Kier alpha value is -2.37. The van der Waals surface area contributed by atoms with Gasteiger partial charge in [0.25, 0.3) is 0 Å². The van der Waals surface area contributed by atoms with E-state index in [1.54, 1.807) is 7.05 Å². The van der Waals surface area contributed by atoms with Gasteiger partial charge in [-0.3, -0.25) is 0 Å². The first kappa shape index (κ1) is 12.1. The first-order valence-electron chi connectivity index (χ1n) is 5.43. The van der Waals surface area contributed by atoms with E-state index < -0.39 is 0 Å². The second kappa shape index (κ2) is 5.31. The van der Waals surface area contributed by atoms with Crippen LogP contribution in [0.15, 0.2) is 24.3 Å². The summed E-state index contributed by atoms with van der Waals surface area (Å²) in [6, 6.07) is 8.02.